The van der Waals surface area contributed by atoms with Crippen LogP contribution in [0.5, 0.6) is 0 Å². The fraction of sp³-hybridized carbons (Fsp3) is 0.533. The van der Waals surface area contributed by atoms with Crippen molar-refractivity contribution in [1.82, 2.24) is 4.31 Å². The summed E-state index contributed by atoms with van der Waals surface area (Å²) in [5.41, 5.74) is 0.0953. The maximum Gasteiger partial charge on any atom is 0.228 e. The molecule has 5 nitrogen and oxygen atoms in total. The predicted octanol–water partition coefficient (Wildman–Crippen LogP) is 2.98. The predicted molar refractivity (Wildman–Crippen MR) is 91.1 cm³/mol. The summed E-state index contributed by atoms with van der Waals surface area (Å²) in [6.07, 6.45) is 1.76. The SMILES string of the molecule is CCCS(=O)(=O)N1CCCC(C(=O)Nc2cc(Br)ccc2F)C1. The third kappa shape index (κ3) is 4.74. The number of rotatable bonds is 5. The molecule has 0 radical (unpaired) electrons. The Bertz CT molecular complexity index is 681. The molecule has 1 aliphatic rings. The Balaban J connectivity index is 2.06. The third-order valence-corrected chi connectivity index (χ3v) is 6.33. The Kier molecular flexibility index (Phi) is 6.16. The molecule has 0 spiro atoms. The lowest BCUT2D eigenvalue weighted by Crippen LogP contribution is -2.44. The van der Waals surface area contributed by atoms with E-state index in [4.69, 9.17) is 0 Å². The van der Waals surface area contributed by atoms with Crippen LogP contribution in [0.15, 0.2) is 22.7 Å². The number of amides is 1. The standard InChI is InChI=1S/C15H20BrFN2O3S/c1-2-8-23(21,22)19-7-3-4-11(10-19)15(20)18-14-9-12(16)5-6-13(14)17/h5-6,9,11H,2-4,7-8,10H2,1H3,(H,18,20). The molecule has 128 valence electrons. The van der Waals surface area contributed by atoms with Crippen molar-refractivity contribution >= 4 is 37.5 Å². The van der Waals surface area contributed by atoms with Gasteiger partial charge < -0.3 is 5.32 Å². The lowest BCUT2D eigenvalue weighted by atomic mass is 9.98. The highest BCUT2D eigenvalue weighted by Gasteiger charge is 2.32. The molecule has 0 saturated carbocycles. The van der Waals surface area contributed by atoms with Crippen molar-refractivity contribution in [1.29, 1.82) is 0 Å². The minimum Gasteiger partial charge on any atom is -0.323 e. The number of sulfonamides is 1. The van der Waals surface area contributed by atoms with E-state index in [0.29, 0.717) is 30.3 Å². The molecule has 1 aliphatic heterocycles. The zero-order chi connectivity index (χ0) is 17.0. The zero-order valence-corrected chi connectivity index (χ0v) is 15.3. The molecule has 1 fully saturated rings. The number of anilines is 1. The number of nitrogens with zero attached hydrogens (tertiary/aromatic N) is 1. The summed E-state index contributed by atoms with van der Waals surface area (Å²) in [6.45, 7) is 2.41. The molecule has 1 unspecified atom stereocenters. The Morgan fingerprint density at radius 1 is 1.48 bits per heavy atom. The number of hydrogen-bond acceptors (Lipinski definition) is 3. The second-order valence-corrected chi connectivity index (χ2v) is 8.63. The van der Waals surface area contributed by atoms with Crippen LogP contribution >= 0.6 is 15.9 Å². The Morgan fingerprint density at radius 2 is 2.22 bits per heavy atom. The molecule has 1 aromatic carbocycles. The van der Waals surface area contributed by atoms with Gasteiger partial charge in [-0.25, -0.2) is 17.1 Å². The first-order valence-electron chi connectivity index (χ1n) is 7.57. The van der Waals surface area contributed by atoms with Gasteiger partial charge in [-0.3, -0.25) is 4.79 Å². The number of carbonyl (C=O) groups is 1. The first-order valence-corrected chi connectivity index (χ1v) is 9.97. The first-order chi connectivity index (χ1) is 10.8. The monoisotopic (exact) mass is 406 g/mol. The van der Waals surface area contributed by atoms with Crippen molar-refractivity contribution in [3.05, 3.63) is 28.5 Å². The van der Waals surface area contributed by atoms with Gasteiger partial charge in [0.2, 0.25) is 15.9 Å². The topological polar surface area (TPSA) is 66.5 Å². The fourth-order valence-corrected chi connectivity index (χ4v) is 4.57. The summed E-state index contributed by atoms with van der Waals surface area (Å²) < 4.78 is 40.0. The summed E-state index contributed by atoms with van der Waals surface area (Å²) in [4.78, 5) is 12.3. The van der Waals surface area contributed by atoms with Crippen LogP contribution < -0.4 is 5.32 Å². The van der Waals surface area contributed by atoms with Crippen LogP contribution in [-0.2, 0) is 14.8 Å². The van der Waals surface area contributed by atoms with Crippen LogP contribution in [0.3, 0.4) is 0 Å². The quantitative estimate of drug-likeness (QED) is 0.816. The molecule has 1 heterocycles. The van der Waals surface area contributed by atoms with E-state index >= 15 is 0 Å². The van der Waals surface area contributed by atoms with E-state index in [9.17, 15) is 17.6 Å². The molecule has 1 amide bonds. The van der Waals surface area contributed by atoms with Gasteiger partial charge in [-0.05, 0) is 37.5 Å². The third-order valence-electron chi connectivity index (χ3n) is 3.80. The van der Waals surface area contributed by atoms with E-state index in [2.05, 4.69) is 21.2 Å². The van der Waals surface area contributed by atoms with Crippen LogP contribution in [0.4, 0.5) is 10.1 Å². The highest BCUT2D eigenvalue weighted by atomic mass is 79.9. The van der Waals surface area contributed by atoms with Crippen molar-refractivity contribution in [2.45, 2.75) is 26.2 Å². The average Bonchev–Trinajstić information content (AvgIpc) is 2.51. The Hall–Kier alpha value is -0.990. The summed E-state index contributed by atoms with van der Waals surface area (Å²) in [6, 6.07) is 4.30. The summed E-state index contributed by atoms with van der Waals surface area (Å²) >= 11 is 3.23. The number of benzene rings is 1. The summed E-state index contributed by atoms with van der Waals surface area (Å²) in [5, 5.41) is 2.56. The maximum atomic E-state index is 13.7. The van der Waals surface area contributed by atoms with E-state index in [1.807, 2.05) is 6.92 Å². The van der Waals surface area contributed by atoms with Crippen molar-refractivity contribution in [2.75, 3.05) is 24.2 Å². The van der Waals surface area contributed by atoms with E-state index in [0.717, 1.165) is 0 Å². The first kappa shape index (κ1) is 18.4. The van der Waals surface area contributed by atoms with Crippen molar-refractivity contribution in [2.24, 2.45) is 5.92 Å². The highest BCUT2D eigenvalue weighted by Crippen LogP contribution is 2.24. The van der Waals surface area contributed by atoms with E-state index in [1.165, 1.54) is 16.4 Å². The van der Waals surface area contributed by atoms with Crippen LogP contribution in [0, 0.1) is 11.7 Å². The van der Waals surface area contributed by atoms with Crippen LogP contribution in [0.25, 0.3) is 0 Å². The van der Waals surface area contributed by atoms with Crippen molar-refractivity contribution < 1.29 is 17.6 Å². The second kappa shape index (κ2) is 7.72. The van der Waals surface area contributed by atoms with Gasteiger partial charge >= 0.3 is 0 Å². The summed E-state index contributed by atoms with van der Waals surface area (Å²) in [7, 11) is -3.32. The molecular weight excluding hydrogens is 387 g/mol. The van der Waals surface area contributed by atoms with Gasteiger partial charge in [0.05, 0.1) is 17.4 Å². The Morgan fingerprint density at radius 3 is 2.91 bits per heavy atom. The smallest absolute Gasteiger partial charge is 0.228 e. The molecule has 1 N–H and O–H groups in total. The average molecular weight is 407 g/mol. The Labute approximate surface area is 144 Å². The highest BCUT2D eigenvalue weighted by molar-refractivity contribution is 9.10. The number of halogens is 2. The number of piperidine rings is 1. The lowest BCUT2D eigenvalue weighted by molar-refractivity contribution is -0.120. The number of carbonyl (C=O) groups excluding carboxylic acids is 1. The van der Waals surface area contributed by atoms with Gasteiger partial charge in [0.15, 0.2) is 0 Å². The molecule has 0 aromatic heterocycles. The van der Waals surface area contributed by atoms with E-state index in [-0.39, 0.29) is 23.9 Å². The van der Waals surface area contributed by atoms with Gasteiger partial charge in [0, 0.05) is 17.6 Å². The van der Waals surface area contributed by atoms with Gasteiger partial charge in [-0.1, -0.05) is 22.9 Å². The van der Waals surface area contributed by atoms with Crippen LogP contribution in [0.1, 0.15) is 26.2 Å². The minimum absolute atomic E-state index is 0.0849. The molecule has 0 aliphatic carbocycles. The molecule has 1 atom stereocenters. The lowest BCUT2D eigenvalue weighted by Gasteiger charge is -2.31. The van der Waals surface area contributed by atoms with Crippen LogP contribution in [0.2, 0.25) is 0 Å². The van der Waals surface area contributed by atoms with Crippen molar-refractivity contribution in [3.8, 4) is 0 Å². The van der Waals surface area contributed by atoms with E-state index in [1.54, 1.807) is 6.07 Å². The van der Waals surface area contributed by atoms with Gasteiger partial charge in [-0.2, -0.15) is 0 Å². The zero-order valence-electron chi connectivity index (χ0n) is 12.9. The molecule has 1 aromatic rings. The van der Waals surface area contributed by atoms with E-state index < -0.39 is 21.8 Å². The second-order valence-electron chi connectivity index (χ2n) is 5.63. The van der Waals surface area contributed by atoms with Gasteiger partial charge in [-0.15, -0.1) is 0 Å². The van der Waals surface area contributed by atoms with Crippen molar-refractivity contribution in [3.63, 3.8) is 0 Å². The normalized spacial score (nSPS) is 19.5. The number of nitrogens with one attached hydrogen (secondary N) is 1. The van der Waals surface area contributed by atoms with Gasteiger partial charge in [0.25, 0.3) is 0 Å². The number of hydrogen-bond donors (Lipinski definition) is 1. The molecule has 23 heavy (non-hydrogen) atoms. The minimum atomic E-state index is -3.32. The molecule has 1 saturated heterocycles. The molecular formula is C15H20BrFN2O3S. The van der Waals surface area contributed by atoms with Crippen LogP contribution in [-0.4, -0.2) is 37.5 Å². The fourth-order valence-electron chi connectivity index (χ4n) is 2.62. The molecule has 0 bridgehead atoms. The largest absolute Gasteiger partial charge is 0.323 e. The van der Waals surface area contributed by atoms with Gasteiger partial charge in [0.1, 0.15) is 5.82 Å². The summed E-state index contributed by atoms with van der Waals surface area (Å²) in [5.74, 6) is -1.25. The maximum absolute atomic E-state index is 13.7. The molecule has 8 heteroatoms. The molecule has 2 rings (SSSR count).